The fourth-order valence-corrected chi connectivity index (χ4v) is 1.57. The van der Waals surface area contributed by atoms with Gasteiger partial charge >= 0.3 is 11.9 Å². The first kappa shape index (κ1) is 14.4. The molecule has 21 heavy (non-hydrogen) atoms. The number of hydrogen-bond donors (Lipinski definition) is 1. The maximum absolute atomic E-state index is 10.6. The lowest BCUT2D eigenvalue weighted by molar-refractivity contribution is -0.394. The molecule has 0 unspecified atom stereocenters. The summed E-state index contributed by atoms with van der Waals surface area (Å²) in [5, 5.41) is 18.3. The Morgan fingerprint density at radius 1 is 1.43 bits per heavy atom. The molecule has 1 heterocycles. The van der Waals surface area contributed by atoms with Gasteiger partial charge in [-0.1, -0.05) is 36.4 Å². The summed E-state index contributed by atoms with van der Waals surface area (Å²) < 4.78 is 1.37. The molecule has 0 amide bonds. The molecule has 8 nitrogen and oxygen atoms in total. The van der Waals surface area contributed by atoms with Crippen LogP contribution in [0.25, 0.3) is 6.08 Å². The predicted octanol–water partition coefficient (Wildman–Crippen LogP) is 2.32. The van der Waals surface area contributed by atoms with Crippen LogP contribution in [0, 0.1) is 10.1 Å². The molecule has 0 saturated carbocycles. The quantitative estimate of drug-likeness (QED) is 0.499. The fourth-order valence-electron chi connectivity index (χ4n) is 1.57. The topological polar surface area (TPSA) is 98.2 Å². The maximum Gasteiger partial charge on any atom is 0.493 e. The van der Waals surface area contributed by atoms with Gasteiger partial charge < -0.3 is 10.1 Å². The molecule has 2 rings (SSSR count). The molecule has 0 bridgehead atoms. The van der Waals surface area contributed by atoms with E-state index in [1.54, 1.807) is 6.08 Å². The van der Waals surface area contributed by atoms with E-state index in [1.807, 2.05) is 43.3 Å². The molecule has 0 aliphatic rings. The third-order valence-electron chi connectivity index (χ3n) is 2.54. The van der Waals surface area contributed by atoms with Gasteiger partial charge in [-0.05, 0) is 28.5 Å². The number of allylic oxidation sites excluding steroid dienone is 1. The van der Waals surface area contributed by atoms with E-state index in [9.17, 15) is 10.1 Å². The summed E-state index contributed by atoms with van der Waals surface area (Å²) >= 11 is 0. The lowest BCUT2D eigenvalue weighted by atomic mass is 10.2. The van der Waals surface area contributed by atoms with Crippen LogP contribution in [-0.4, -0.2) is 25.9 Å². The lowest BCUT2D eigenvalue weighted by Gasteiger charge is -1.93. The predicted molar refractivity (Wildman–Crippen MR) is 79.9 cm³/mol. The molecular weight excluding hydrogens is 272 g/mol. The molecule has 0 saturated heterocycles. The first-order valence-corrected chi connectivity index (χ1v) is 6.30. The Morgan fingerprint density at radius 2 is 2.19 bits per heavy atom. The second-order valence-corrected chi connectivity index (χ2v) is 3.97. The van der Waals surface area contributed by atoms with Crippen molar-refractivity contribution in [2.45, 2.75) is 13.5 Å². The van der Waals surface area contributed by atoms with Crippen LogP contribution in [0.5, 0.6) is 0 Å². The number of aryl methyl sites for hydroxylation is 1. The normalized spacial score (nSPS) is 11.3. The summed E-state index contributed by atoms with van der Waals surface area (Å²) in [4.78, 5) is 13.7. The molecule has 8 heteroatoms. The average molecular weight is 286 g/mol. The van der Waals surface area contributed by atoms with E-state index >= 15 is 0 Å². The zero-order valence-corrected chi connectivity index (χ0v) is 11.4. The monoisotopic (exact) mass is 286 g/mol. The number of nitrogens with one attached hydrogen (secondary N) is 1. The number of anilines is 1. The molecule has 1 N–H and O–H groups in total. The van der Waals surface area contributed by atoms with Crippen LogP contribution in [0.4, 0.5) is 11.9 Å². The second kappa shape index (κ2) is 6.94. The number of nitro groups is 1. The first-order valence-electron chi connectivity index (χ1n) is 6.30. The van der Waals surface area contributed by atoms with Gasteiger partial charge in [0.15, 0.2) is 0 Å². The van der Waals surface area contributed by atoms with Crippen molar-refractivity contribution in [3.05, 3.63) is 52.1 Å². The van der Waals surface area contributed by atoms with Gasteiger partial charge in [0.25, 0.3) is 0 Å². The summed E-state index contributed by atoms with van der Waals surface area (Å²) in [6.45, 7) is 2.27. The molecule has 0 aliphatic carbocycles. The van der Waals surface area contributed by atoms with E-state index in [1.165, 1.54) is 10.9 Å². The Morgan fingerprint density at radius 3 is 2.86 bits per heavy atom. The van der Waals surface area contributed by atoms with E-state index in [0.29, 0.717) is 6.54 Å². The van der Waals surface area contributed by atoms with E-state index in [2.05, 4.69) is 20.6 Å². The number of aromatic nitrogens is 3. The van der Waals surface area contributed by atoms with Crippen molar-refractivity contribution in [1.82, 2.24) is 14.8 Å². The van der Waals surface area contributed by atoms with Gasteiger partial charge in [-0.15, -0.1) is 0 Å². The van der Waals surface area contributed by atoms with Gasteiger partial charge in [0, 0.05) is 11.3 Å². The Balaban J connectivity index is 1.98. The van der Waals surface area contributed by atoms with Gasteiger partial charge in [0.2, 0.25) is 0 Å². The van der Waals surface area contributed by atoms with Crippen LogP contribution < -0.4 is 5.43 Å². The molecule has 108 valence electrons. The molecule has 1 aromatic heterocycles. The van der Waals surface area contributed by atoms with Gasteiger partial charge in [0.05, 0.1) is 6.54 Å². The minimum atomic E-state index is -0.643. The Bertz CT molecular complexity index is 663. The lowest BCUT2D eigenvalue weighted by Crippen LogP contribution is -2.03. The molecule has 0 spiro atoms. The Hall–Kier alpha value is -3.03. The zero-order valence-electron chi connectivity index (χ0n) is 11.4. The molecule has 0 radical (unpaired) electrons. The molecule has 1 aromatic carbocycles. The van der Waals surface area contributed by atoms with Crippen LogP contribution in [0.15, 0.2) is 41.5 Å². The summed E-state index contributed by atoms with van der Waals surface area (Å²) in [6.07, 6.45) is 5.18. The maximum atomic E-state index is 10.6. The van der Waals surface area contributed by atoms with Crippen molar-refractivity contribution in [1.29, 1.82) is 0 Å². The molecule has 0 fully saturated rings. The summed E-state index contributed by atoms with van der Waals surface area (Å²) in [5.74, 6) is -0.220. The van der Waals surface area contributed by atoms with Gasteiger partial charge in [-0.2, -0.15) is 9.78 Å². The Labute approximate surface area is 121 Å². The van der Waals surface area contributed by atoms with E-state index in [0.717, 1.165) is 5.56 Å². The molecular formula is C13H14N6O2. The van der Waals surface area contributed by atoms with Crippen molar-refractivity contribution in [3.8, 4) is 0 Å². The highest BCUT2D eigenvalue weighted by Crippen LogP contribution is 2.10. The number of rotatable bonds is 6. The van der Waals surface area contributed by atoms with Gasteiger partial charge in [-0.25, -0.2) is 5.43 Å². The Kier molecular flexibility index (Phi) is 4.75. The average Bonchev–Trinajstić information content (AvgIpc) is 2.91. The standard InChI is InChI=1S/C13H14N6O2/c1-2-18-12(15-13(17-18)19(20)21)16-14-10-6-9-11-7-4-3-5-8-11/h3-10H,2H2,1H3,(H,15,16,17)/b9-6+,14-10+. The number of nitrogens with zero attached hydrogens (tertiary/aromatic N) is 5. The second-order valence-electron chi connectivity index (χ2n) is 3.97. The molecule has 2 aromatic rings. The van der Waals surface area contributed by atoms with Crippen molar-refractivity contribution in [2.75, 3.05) is 5.43 Å². The number of hydrazone groups is 1. The molecule has 0 atom stereocenters. The largest absolute Gasteiger partial charge is 0.493 e. The SMILES string of the molecule is CCn1nc([N+](=O)[O-])nc1N/N=C/C=C/c1ccccc1. The van der Waals surface area contributed by atoms with Crippen molar-refractivity contribution < 1.29 is 4.92 Å². The zero-order chi connectivity index (χ0) is 15.1. The summed E-state index contributed by atoms with van der Waals surface area (Å²) in [5.41, 5.74) is 3.68. The first-order chi connectivity index (χ1) is 10.2. The minimum absolute atomic E-state index is 0.230. The van der Waals surface area contributed by atoms with E-state index in [-0.39, 0.29) is 5.95 Å². The highest BCUT2D eigenvalue weighted by molar-refractivity contribution is 5.78. The van der Waals surface area contributed by atoms with Gasteiger partial charge in [0.1, 0.15) is 0 Å². The number of benzene rings is 1. The van der Waals surface area contributed by atoms with E-state index in [4.69, 9.17) is 0 Å². The third kappa shape index (κ3) is 3.96. The van der Waals surface area contributed by atoms with Crippen LogP contribution >= 0.6 is 0 Å². The van der Waals surface area contributed by atoms with Crippen molar-refractivity contribution >= 4 is 24.2 Å². The number of hydrogen-bond acceptors (Lipinski definition) is 6. The smallest absolute Gasteiger partial charge is 0.390 e. The highest BCUT2D eigenvalue weighted by atomic mass is 16.6. The summed E-state index contributed by atoms with van der Waals surface area (Å²) in [7, 11) is 0. The van der Waals surface area contributed by atoms with E-state index < -0.39 is 10.9 Å². The van der Waals surface area contributed by atoms with Gasteiger partial charge in [-0.3, -0.25) is 0 Å². The molecule has 0 aliphatic heterocycles. The van der Waals surface area contributed by atoms with Crippen molar-refractivity contribution in [3.63, 3.8) is 0 Å². The van der Waals surface area contributed by atoms with Crippen LogP contribution in [0.2, 0.25) is 0 Å². The van der Waals surface area contributed by atoms with Crippen LogP contribution in [-0.2, 0) is 6.54 Å². The third-order valence-corrected chi connectivity index (χ3v) is 2.54. The fraction of sp³-hybridized carbons (Fsp3) is 0.154. The summed E-state index contributed by atoms with van der Waals surface area (Å²) in [6, 6.07) is 9.76. The minimum Gasteiger partial charge on any atom is -0.390 e. The highest BCUT2D eigenvalue weighted by Gasteiger charge is 2.19. The van der Waals surface area contributed by atoms with Crippen LogP contribution in [0.1, 0.15) is 12.5 Å². The van der Waals surface area contributed by atoms with Crippen molar-refractivity contribution in [2.24, 2.45) is 5.10 Å². The van der Waals surface area contributed by atoms with Crippen LogP contribution in [0.3, 0.4) is 0 Å².